The van der Waals surface area contributed by atoms with Crippen molar-refractivity contribution in [3.05, 3.63) is 23.2 Å². The molecule has 0 saturated carbocycles. The molecule has 128 valence electrons. The zero-order chi connectivity index (χ0) is 17.2. The minimum absolute atomic E-state index is 0.0884. The number of ether oxygens (including phenoxy) is 1. The van der Waals surface area contributed by atoms with Crippen LogP contribution in [0.3, 0.4) is 0 Å². The largest absolute Gasteiger partial charge is 0.433 e. The number of halogens is 3. The van der Waals surface area contributed by atoms with Gasteiger partial charge in [0.15, 0.2) is 0 Å². The Labute approximate surface area is 137 Å². The lowest BCUT2D eigenvalue weighted by Gasteiger charge is -2.21. The van der Waals surface area contributed by atoms with E-state index in [0.717, 1.165) is 10.6 Å². The molecule has 1 heterocycles. The Balaban J connectivity index is 2.10. The van der Waals surface area contributed by atoms with Crippen molar-refractivity contribution in [1.29, 1.82) is 0 Å². The summed E-state index contributed by atoms with van der Waals surface area (Å²) in [6.07, 6.45) is 2.05. The van der Waals surface area contributed by atoms with Crippen LogP contribution in [0, 0.1) is 0 Å². The van der Waals surface area contributed by atoms with E-state index in [-0.39, 0.29) is 16.5 Å². The fourth-order valence-corrected chi connectivity index (χ4v) is 3.74. The summed E-state index contributed by atoms with van der Waals surface area (Å²) >= 11 is 5.80. The minimum atomic E-state index is -3.47. The van der Waals surface area contributed by atoms with Gasteiger partial charge in [-0.05, 0) is 31.0 Å². The molecule has 0 unspecified atom stereocenters. The molecule has 1 saturated heterocycles. The zero-order valence-electron chi connectivity index (χ0n) is 12.1. The van der Waals surface area contributed by atoms with E-state index in [1.54, 1.807) is 0 Å². The number of benzene rings is 1. The molecule has 1 fully saturated rings. The highest BCUT2D eigenvalue weighted by Gasteiger charge is 2.36. The summed E-state index contributed by atoms with van der Waals surface area (Å²) < 4.78 is 52.9. The molecule has 0 spiro atoms. The van der Waals surface area contributed by atoms with Crippen LogP contribution in [0.25, 0.3) is 0 Å². The van der Waals surface area contributed by atoms with Crippen LogP contribution in [-0.4, -0.2) is 44.1 Å². The smallest absolute Gasteiger partial charge is 0.387 e. The molecule has 1 aromatic rings. The Kier molecular flexibility index (Phi) is 5.43. The Morgan fingerprint density at radius 3 is 2.74 bits per heavy atom. The fraction of sp³-hybridized carbons (Fsp3) is 0.462. The van der Waals surface area contributed by atoms with Crippen LogP contribution in [0.15, 0.2) is 18.2 Å². The van der Waals surface area contributed by atoms with E-state index >= 15 is 0 Å². The number of nitrogens with zero attached hydrogens (tertiary/aromatic N) is 1. The predicted molar refractivity (Wildman–Crippen MR) is 81.3 cm³/mol. The number of hydrogen-bond donors (Lipinski definition) is 1. The average molecular weight is 369 g/mol. The van der Waals surface area contributed by atoms with Crippen molar-refractivity contribution < 1.29 is 26.7 Å². The first-order chi connectivity index (χ1) is 10.7. The van der Waals surface area contributed by atoms with Crippen LogP contribution in [0.5, 0.6) is 5.75 Å². The van der Waals surface area contributed by atoms with Crippen LogP contribution < -0.4 is 10.1 Å². The molecule has 0 bridgehead atoms. The number of carbonyl (C=O) groups is 1. The van der Waals surface area contributed by atoms with Gasteiger partial charge in [0.05, 0.1) is 11.3 Å². The highest BCUT2D eigenvalue weighted by atomic mass is 35.5. The van der Waals surface area contributed by atoms with E-state index in [2.05, 4.69) is 10.1 Å². The summed E-state index contributed by atoms with van der Waals surface area (Å²) in [4.78, 5) is 12.2. The third-order valence-electron chi connectivity index (χ3n) is 3.35. The van der Waals surface area contributed by atoms with E-state index in [4.69, 9.17) is 11.6 Å². The van der Waals surface area contributed by atoms with Crippen molar-refractivity contribution in [1.82, 2.24) is 4.31 Å². The first-order valence-corrected chi connectivity index (χ1v) is 8.93. The molecule has 1 aliphatic heterocycles. The second-order valence-electron chi connectivity index (χ2n) is 5.04. The third kappa shape index (κ3) is 4.52. The number of nitrogens with one attached hydrogen (secondary N) is 1. The normalized spacial score (nSPS) is 19.1. The van der Waals surface area contributed by atoms with Crippen molar-refractivity contribution in [2.24, 2.45) is 0 Å². The van der Waals surface area contributed by atoms with Crippen LogP contribution in [0.2, 0.25) is 5.02 Å². The number of anilines is 1. The van der Waals surface area contributed by atoms with E-state index < -0.39 is 28.6 Å². The molecule has 23 heavy (non-hydrogen) atoms. The number of rotatable bonds is 5. The third-order valence-corrected chi connectivity index (χ3v) is 4.93. The van der Waals surface area contributed by atoms with Crippen molar-refractivity contribution >= 4 is 33.2 Å². The number of carbonyl (C=O) groups excluding carboxylic acids is 1. The summed E-state index contributed by atoms with van der Waals surface area (Å²) in [6, 6.07) is 3.02. The number of amides is 1. The van der Waals surface area contributed by atoms with Crippen molar-refractivity contribution in [2.75, 3.05) is 18.1 Å². The van der Waals surface area contributed by atoms with Gasteiger partial charge < -0.3 is 10.1 Å². The van der Waals surface area contributed by atoms with Crippen LogP contribution in [0.4, 0.5) is 14.5 Å². The summed E-state index contributed by atoms with van der Waals surface area (Å²) in [6.45, 7) is -2.71. The molecular formula is C13H15ClF2N2O4S. The highest BCUT2D eigenvalue weighted by Crippen LogP contribution is 2.29. The molecule has 0 radical (unpaired) electrons. The molecule has 1 aliphatic rings. The number of sulfonamides is 1. The predicted octanol–water partition coefficient (Wildman–Crippen LogP) is 2.30. The lowest BCUT2D eigenvalue weighted by Crippen LogP contribution is -2.42. The Morgan fingerprint density at radius 1 is 1.48 bits per heavy atom. The minimum Gasteiger partial charge on any atom is -0.433 e. The lowest BCUT2D eigenvalue weighted by molar-refractivity contribution is -0.119. The maximum Gasteiger partial charge on any atom is 0.387 e. The summed E-state index contributed by atoms with van der Waals surface area (Å²) in [7, 11) is -3.47. The maximum absolute atomic E-state index is 12.2. The first kappa shape index (κ1) is 17.9. The Morgan fingerprint density at radius 2 is 2.17 bits per heavy atom. The van der Waals surface area contributed by atoms with Gasteiger partial charge in [0.2, 0.25) is 15.9 Å². The SMILES string of the molecule is CS(=O)(=O)N1CCC[C@H]1C(=O)Nc1ccc(OC(F)F)c(Cl)c1. The van der Waals surface area contributed by atoms with Crippen molar-refractivity contribution in [3.63, 3.8) is 0 Å². The standard InChI is InChI=1S/C13H15ClF2N2O4S/c1-23(20,21)18-6-2-3-10(18)12(19)17-8-4-5-11(9(14)7-8)22-13(15)16/h4-5,7,10,13H,2-3,6H2,1H3,(H,17,19)/t10-/m0/s1. The van der Waals surface area contributed by atoms with Crippen LogP contribution in [-0.2, 0) is 14.8 Å². The molecule has 1 atom stereocenters. The number of alkyl halides is 2. The van der Waals surface area contributed by atoms with Gasteiger partial charge in [0.25, 0.3) is 0 Å². The second kappa shape index (κ2) is 6.98. The molecule has 1 aromatic carbocycles. The summed E-state index contributed by atoms with van der Waals surface area (Å²) in [5.74, 6) is -0.704. The van der Waals surface area contributed by atoms with Crippen LogP contribution >= 0.6 is 11.6 Å². The molecule has 10 heteroatoms. The molecule has 6 nitrogen and oxygen atoms in total. The van der Waals surface area contributed by atoms with Gasteiger partial charge >= 0.3 is 6.61 Å². The van der Waals surface area contributed by atoms with Crippen molar-refractivity contribution in [3.8, 4) is 5.75 Å². The van der Waals surface area contributed by atoms with Gasteiger partial charge in [-0.2, -0.15) is 13.1 Å². The lowest BCUT2D eigenvalue weighted by atomic mass is 10.2. The zero-order valence-corrected chi connectivity index (χ0v) is 13.7. The van der Waals surface area contributed by atoms with Crippen LogP contribution in [0.1, 0.15) is 12.8 Å². The molecular weight excluding hydrogens is 354 g/mol. The quantitative estimate of drug-likeness (QED) is 0.865. The van der Waals surface area contributed by atoms with Gasteiger partial charge in [0, 0.05) is 12.2 Å². The fourth-order valence-electron chi connectivity index (χ4n) is 2.39. The van der Waals surface area contributed by atoms with E-state index in [1.165, 1.54) is 18.2 Å². The monoisotopic (exact) mass is 368 g/mol. The highest BCUT2D eigenvalue weighted by molar-refractivity contribution is 7.88. The first-order valence-electron chi connectivity index (χ1n) is 6.70. The van der Waals surface area contributed by atoms with Gasteiger partial charge in [-0.25, -0.2) is 8.42 Å². The molecule has 0 aliphatic carbocycles. The van der Waals surface area contributed by atoms with E-state index in [0.29, 0.717) is 19.4 Å². The average Bonchev–Trinajstić information content (AvgIpc) is 2.91. The second-order valence-corrected chi connectivity index (χ2v) is 7.39. The number of hydrogen-bond acceptors (Lipinski definition) is 4. The maximum atomic E-state index is 12.2. The molecule has 1 amide bonds. The van der Waals surface area contributed by atoms with Gasteiger partial charge in [-0.15, -0.1) is 0 Å². The Hall–Kier alpha value is -1.45. The van der Waals surface area contributed by atoms with Crippen molar-refractivity contribution in [2.45, 2.75) is 25.5 Å². The summed E-state index contributed by atoms with van der Waals surface area (Å²) in [5.41, 5.74) is 0.266. The van der Waals surface area contributed by atoms with Gasteiger partial charge in [0.1, 0.15) is 11.8 Å². The Bertz CT molecular complexity index is 699. The van der Waals surface area contributed by atoms with E-state index in [1.807, 2.05) is 0 Å². The molecule has 0 aromatic heterocycles. The van der Waals surface area contributed by atoms with Gasteiger partial charge in [-0.3, -0.25) is 4.79 Å². The van der Waals surface area contributed by atoms with E-state index in [9.17, 15) is 22.0 Å². The molecule has 1 N–H and O–H groups in total. The van der Waals surface area contributed by atoms with Gasteiger partial charge in [-0.1, -0.05) is 11.6 Å². The summed E-state index contributed by atoms with van der Waals surface area (Å²) in [5, 5.41) is 2.45. The molecule has 2 rings (SSSR count). The topological polar surface area (TPSA) is 75.7 Å².